The number of nitrogens with zero attached hydrogens (tertiary/aromatic N) is 1. The van der Waals surface area contributed by atoms with E-state index in [0.717, 1.165) is 0 Å². The summed E-state index contributed by atoms with van der Waals surface area (Å²) < 4.78 is 1.67. The lowest BCUT2D eigenvalue weighted by Gasteiger charge is -1.94. The predicted octanol–water partition coefficient (Wildman–Crippen LogP) is 2.60. The average Bonchev–Trinajstić information content (AvgIpc) is 2.41. The van der Waals surface area contributed by atoms with Crippen LogP contribution in [0.4, 0.5) is 0 Å². The molecule has 3 nitrogen and oxygen atoms in total. The lowest BCUT2D eigenvalue weighted by atomic mass is 10.2. The maximum Gasteiger partial charge on any atom is 0.338 e. The number of carboxylic acids is 1. The number of pyridine rings is 1. The molecule has 0 unspecified atom stereocenters. The van der Waals surface area contributed by atoms with Crippen molar-refractivity contribution in [2.45, 2.75) is 6.92 Å². The lowest BCUT2D eigenvalue weighted by molar-refractivity contribution is 0.0698. The fraction of sp³-hybridized carbons (Fsp3) is 0.100. The molecule has 0 aromatic carbocycles. The number of halogens is 1. The van der Waals surface area contributed by atoms with Crippen molar-refractivity contribution in [2.75, 3.05) is 0 Å². The molecule has 0 amide bonds. The van der Waals surface area contributed by atoms with Crippen molar-refractivity contribution < 1.29 is 9.90 Å². The van der Waals surface area contributed by atoms with Gasteiger partial charge in [-0.3, -0.25) is 0 Å². The standard InChI is InChI=1S/C10H8ClNO2/c1-6-8(10(13)14)7-4-2-3-5-12(7)9(6)11/h2-5H,1H3,(H,13,14). The molecule has 14 heavy (non-hydrogen) atoms. The topological polar surface area (TPSA) is 41.7 Å². The van der Waals surface area contributed by atoms with E-state index in [0.29, 0.717) is 16.2 Å². The third-order valence-electron chi connectivity index (χ3n) is 2.23. The van der Waals surface area contributed by atoms with Gasteiger partial charge in [0.25, 0.3) is 0 Å². The Morgan fingerprint density at radius 2 is 2.21 bits per heavy atom. The molecule has 72 valence electrons. The van der Waals surface area contributed by atoms with E-state index >= 15 is 0 Å². The van der Waals surface area contributed by atoms with Gasteiger partial charge in [-0.25, -0.2) is 4.79 Å². The fourth-order valence-electron chi connectivity index (χ4n) is 1.56. The van der Waals surface area contributed by atoms with E-state index in [-0.39, 0.29) is 5.56 Å². The van der Waals surface area contributed by atoms with E-state index in [1.807, 2.05) is 6.07 Å². The Labute approximate surface area is 85.5 Å². The molecule has 0 fully saturated rings. The lowest BCUT2D eigenvalue weighted by Crippen LogP contribution is -1.97. The molecular formula is C10H8ClNO2. The average molecular weight is 210 g/mol. The number of carboxylic acid groups (broad SMARTS) is 1. The molecule has 0 spiro atoms. The van der Waals surface area contributed by atoms with Crippen LogP contribution in [0.3, 0.4) is 0 Å². The second kappa shape index (κ2) is 3.03. The molecule has 0 aliphatic heterocycles. The van der Waals surface area contributed by atoms with Crippen molar-refractivity contribution in [3.05, 3.63) is 40.7 Å². The Hall–Kier alpha value is -1.48. The van der Waals surface area contributed by atoms with Gasteiger partial charge in [0.05, 0.1) is 11.1 Å². The molecule has 0 saturated carbocycles. The van der Waals surface area contributed by atoms with Crippen LogP contribution in [0.2, 0.25) is 5.15 Å². The number of hydrogen-bond donors (Lipinski definition) is 1. The van der Waals surface area contributed by atoms with Crippen molar-refractivity contribution in [3.8, 4) is 0 Å². The van der Waals surface area contributed by atoms with Crippen LogP contribution >= 0.6 is 11.6 Å². The van der Waals surface area contributed by atoms with Crippen LogP contribution in [0.25, 0.3) is 5.52 Å². The molecule has 2 heterocycles. The first-order chi connectivity index (χ1) is 6.63. The van der Waals surface area contributed by atoms with E-state index < -0.39 is 5.97 Å². The molecule has 0 aliphatic rings. The molecule has 4 heteroatoms. The van der Waals surface area contributed by atoms with E-state index in [1.54, 1.807) is 29.7 Å². The summed E-state index contributed by atoms with van der Waals surface area (Å²) in [5.41, 5.74) is 1.50. The molecular weight excluding hydrogens is 202 g/mol. The fourth-order valence-corrected chi connectivity index (χ4v) is 1.81. The van der Waals surface area contributed by atoms with E-state index in [1.165, 1.54) is 0 Å². The van der Waals surface area contributed by atoms with Gasteiger partial charge in [-0.1, -0.05) is 17.7 Å². The zero-order valence-corrected chi connectivity index (χ0v) is 8.25. The van der Waals surface area contributed by atoms with Gasteiger partial charge in [0.2, 0.25) is 0 Å². The Balaban J connectivity index is 2.95. The second-order valence-corrected chi connectivity index (χ2v) is 3.41. The van der Waals surface area contributed by atoms with Gasteiger partial charge < -0.3 is 9.51 Å². The summed E-state index contributed by atoms with van der Waals surface area (Å²) in [6, 6.07) is 5.34. The molecule has 2 rings (SSSR count). The first-order valence-corrected chi connectivity index (χ1v) is 4.49. The molecule has 0 bridgehead atoms. The Morgan fingerprint density at radius 1 is 1.50 bits per heavy atom. The van der Waals surface area contributed by atoms with Gasteiger partial charge in [-0.2, -0.15) is 0 Å². The highest BCUT2D eigenvalue weighted by molar-refractivity contribution is 6.31. The highest BCUT2D eigenvalue weighted by atomic mass is 35.5. The number of hydrogen-bond acceptors (Lipinski definition) is 1. The molecule has 0 aliphatic carbocycles. The summed E-state index contributed by atoms with van der Waals surface area (Å²) >= 11 is 5.99. The van der Waals surface area contributed by atoms with Crippen molar-refractivity contribution in [2.24, 2.45) is 0 Å². The van der Waals surface area contributed by atoms with Crippen molar-refractivity contribution in [1.82, 2.24) is 4.40 Å². The summed E-state index contributed by atoms with van der Waals surface area (Å²) in [7, 11) is 0. The zero-order valence-electron chi connectivity index (χ0n) is 7.49. The second-order valence-electron chi connectivity index (χ2n) is 3.05. The van der Waals surface area contributed by atoms with Crippen LogP contribution in [0, 0.1) is 6.92 Å². The summed E-state index contributed by atoms with van der Waals surface area (Å²) in [4.78, 5) is 11.0. The number of rotatable bonds is 1. The minimum absolute atomic E-state index is 0.274. The Bertz CT molecular complexity index is 516. The highest BCUT2D eigenvalue weighted by Crippen LogP contribution is 2.26. The van der Waals surface area contributed by atoms with Gasteiger partial charge >= 0.3 is 5.97 Å². The van der Waals surface area contributed by atoms with Crippen LogP contribution in [-0.4, -0.2) is 15.5 Å². The maximum absolute atomic E-state index is 11.0. The van der Waals surface area contributed by atoms with Gasteiger partial charge in [0.15, 0.2) is 0 Å². The minimum atomic E-state index is -0.946. The number of aromatic nitrogens is 1. The van der Waals surface area contributed by atoms with E-state index in [2.05, 4.69) is 0 Å². The van der Waals surface area contributed by atoms with Crippen LogP contribution in [0.15, 0.2) is 24.4 Å². The smallest absolute Gasteiger partial charge is 0.338 e. The molecule has 0 radical (unpaired) electrons. The Morgan fingerprint density at radius 3 is 2.86 bits per heavy atom. The monoisotopic (exact) mass is 209 g/mol. The largest absolute Gasteiger partial charge is 0.478 e. The molecule has 2 aromatic rings. The van der Waals surface area contributed by atoms with Crippen LogP contribution in [0.1, 0.15) is 15.9 Å². The van der Waals surface area contributed by atoms with Crippen LogP contribution in [0.5, 0.6) is 0 Å². The van der Waals surface area contributed by atoms with Crippen LogP contribution in [-0.2, 0) is 0 Å². The summed E-state index contributed by atoms with van der Waals surface area (Å²) in [5.74, 6) is -0.946. The highest BCUT2D eigenvalue weighted by Gasteiger charge is 2.17. The minimum Gasteiger partial charge on any atom is -0.478 e. The quantitative estimate of drug-likeness (QED) is 0.785. The van der Waals surface area contributed by atoms with Crippen molar-refractivity contribution >= 4 is 23.1 Å². The van der Waals surface area contributed by atoms with Crippen molar-refractivity contribution in [3.63, 3.8) is 0 Å². The maximum atomic E-state index is 11.0. The van der Waals surface area contributed by atoms with E-state index in [4.69, 9.17) is 16.7 Å². The van der Waals surface area contributed by atoms with Gasteiger partial charge in [0.1, 0.15) is 5.15 Å². The van der Waals surface area contributed by atoms with Crippen LogP contribution < -0.4 is 0 Å². The number of aromatic carboxylic acids is 1. The summed E-state index contributed by atoms with van der Waals surface area (Å²) in [6.07, 6.45) is 1.75. The first kappa shape index (κ1) is 9.09. The van der Waals surface area contributed by atoms with Crippen molar-refractivity contribution in [1.29, 1.82) is 0 Å². The number of fused-ring (bicyclic) bond motifs is 1. The normalized spacial score (nSPS) is 10.7. The Kier molecular flexibility index (Phi) is 1.97. The summed E-state index contributed by atoms with van der Waals surface area (Å²) in [5, 5.41) is 9.46. The molecule has 0 saturated heterocycles. The molecule has 1 N–H and O–H groups in total. The zero-order chi connectivity index (χ0) is 10.3. The summed E-state index contributed by atoms with van der Waals surface area (Å²) in [6.45, 7) is 1.71. The van der Waals surface area contributed by atoms with Gasteiger partial charge in [-0.05, 0) is 19.1 Å². The van der Waals surface area contributed by atoms with E-state index in [9.17, 15) is 4.79 Å². The van der Waals surface area contributed by atoms with Gasteiger partial charge in [-0.15, -0.1) is 0 Å². The third-order valence-corrected chi connectivity index (χ3v) is 2.69. The first-order valence-electron chi connectivity index (χ1n) is 4.11. The predicted molar refractivity (Wildman–Crippen MR) is 54.1 cm³/mol. The molecule has 0 atom stereocenters. The molecule has 2 aromatic heterocycles. The number of carbonyl (C=O) groups is 1. The van der Waals surface area contributed by atoms with Gasteiger partial charge in [0, 0.05) is 11.8 Å². The SMILES string of the molecule is Cc1c(C(=O)O)c2ccccn2c1Cl. The third kappa shape index (κ3) is 1.09.